The van der Waals surface area contributed by atoms with Crippen LogP contribution in [-0.4, -0.2) is 52.9 Å². The number of aliphatic hydroxyl groups excluding tert-OH is 1. The molecule has 2 N–H and O–H groups in total. The summed E-state index contributed by atoms with van der Waals surface area (Å²) in [7, 11) is 1.63. The van der Waals surface area contributed by atoms with E-state index in [1.54, 1.807) is 30.7 Å². The number of hydrogen-bond acceptors (Lipinski definition) is 6. The van der Waals surface area contributed by atoms with E-state index in [1.165, 1.54) is 17.4 Å². The molecule has 1 unspecified atom stereocenters. The number of ether oxygens (including phenoxy) is 1. The number of aromatic nitrogens is 2. The Morgan fingerprint density at radius 2 is 2.14 bits per heavy atom. The van der Waals surface area contributed by atoms with E-state index in [-0.39, 0.29) is 11.4 Å². The summed E-state index contributed by atoms with van der Waals surface area (Å²) in [6.07, 6.45) is 1.17. The van der Waals surface area contributed by atoms with Crippen molar-refractivity contribution >= 4 is 21.6 Å². The minimum atomic E-state index is -0.443. The molecule has 2 aromatic heterocycles. The molecule has 1 atom stereocenters. The van der Waals surface area contributed by atoms with Crippen molar-refractivity contribution in [1.29, 1.82) is 0 Å². The van der Waals surface area contributed by atoms with Crippen LogP contribution in [0.3, 0.4) is 0 Å². The molecule has 0 aliphatic rings. The normalized spacial score (nSPS) is 12.7. The first kappa shape index (κ1) is 21.6. The minimum Gasteiger partial charge on any atom is -0.392 e. The molecular formula is C21H26FN3O3S. The van der Waals surface area contributed by atoms with Gasteiger partial charge in [-0.15, -0.1) is 11.3 Å². The molecule has 0 aliphatic carbocycles. The summed E-state index contributed by atoms with van der Waals surface area (Å²) in [4.78, 5) is 22.8. The Hall–Kier alpha value is -2.13. The Bertz CT molecular complexity index is 1000. The monoisotopic (exact) mass is 419 g/mol. The average molecular weight is 420 g/mol. The Kier molecular flexibility index (Phi) is 7.49. The Morgan fingerprint density at radius 3 is 2.86 bits per heavy atom. The van der Waals surface area contributed by atoms with Crippen LogP contribution in [0.1, 0.15) is 25.6 Å². The maximum absolute atomic E-state index is 14.2. The number of methoxy groups -OCH3 is 1. The Balaban J connectivity index is 1.88. The SMILES string of the molecule is CCCC(O)CN(CCOC)Cc1nc2scc(-c3ccccc3F)c2c(=O)[nH]1. The van der Waals surface area contributed by atoms with Crippen molar-refractivity contribution < 1.29 is 14.2 Å². The molecule has 156 valence electrons. The molecule has 8 heteroatoms. The van der Waals surface area contributed by atoms with Crippen molar-refractivity contribution in [3.8, 4) is 11.1 Å². The lowest BCUT2D eigenvalue weighted by atomic mass is 10.1. The zero-order valence-corrected chi connectivity index (χ0v) is 17.5. The van der Waals surface area contributed by atoms with E-state index >= 15 is 0 Å². The molecule has 6 nitrogen and oxygen atoms in total. The van der Waals surface area contributed by atoms with Crippen molar-refractivity contribution in [3.63, 3.8) is 0 Å². The van der Waals surface area contributed by atoms with Gasteiger partial charge < -0.3 is 14.8 Å². The molecule has 2 heterocycles. The number of halogens is 1. The van der Waals surface area contributed by atoms with Crippen LogP contribution in [0.25, 0.3) is 21.3 Å². The van der Waals surface area contributed by atoms with Gasteiger partial charge in [0.15, 0.2) is 0 Å². The number of nitrogens with zero attached hydrogens (tertiary/aromatic N) is 2. The molecule has 0 fully saturated rings. The fourth-order valence-electron chi connectivity index (χ4n) is 3.34. The first-order valence-electron chi connectivity index (χ1n) is 9.68. The largest absolute Gasteiger partial charge is 0.392 e. The van der Waals surface area contributed by atoms with Crippen LogP contribution in [0.5, 0.6) is 0 Å². The van der Waals surface area contributed by atoms with Crippen LogP contribution in [0.2, 0.25) is 0 Å². The number of aromatic amines is 1. The second kappa shape index (κ2) is 10.1. The first-order chi connectivity index (χ1) is 14.0. The number of nitrogens with one attached hydrogen (secondary N) is 1. The lowest BCUT2D eigenvalue weighted by molar-refractivity contribution is 0.0787. The molecular weight excluding hydrogens is 393 g/mol. The maximum atomic E-state index is 14.2. The highest BCUT2D eigenvalue weighted by Gasteiger charge is 2.17. The fraction of sp³-hybridized carbons (Fsp3) is 0.429. The Morgan fingerprint density at radius 1 is 1.34 bits per heavy atom. The van der Waals surface area contributed by atoms with Crippen LogP contribution >= 0.6 is 11.3 Å². The van der Waals surface area contributed by atoms with Crippen LogP contribution in [0, 0.1) is 5.82 Å². The number of rotatable bonds is 10. The summed E-state index contributed by atoms with van der Waals surface area (Å²) in [5.41, 5.74) is 0.659. The summed E-state index contributed by atoms with van der Waals surface area (Å²) >= 11 is 1.32. The fourth-order valence-corrected chi connectivity index (χ4v) is 4.29. The predicted molar refractivity (Wildman–Crippen MR) is 114 cm³/mol. The molecule has 0 bridgehead atoms. The van der Waals surface area contributed by atoms with Gasteiger partial charge in [0.2, 0.25) is 0 Å². The lowest BCUT2D eigenvalue weighted by Crippen LogP contribution is -2.35. The van der Waals surface area contributed by atoms with Gasteiger partial charge in [-0.2, -0.15) is 0 Å². The molecule has 0 radical (unpaired) electrons. The molecule has 0 amide bonds. The van der Waals surface area contributed by atoms with E-state index in [4.69, 9.17) is 4.74 Å². The summed E-state index contributed by atoms with van der Waals surface area (Å²) < 4.78 is 19.4. The highest BCUT2D eigenvalue weighted by Crippen LogP contribution is 2.32. The molecule has 0 aliphatic heterocycles. The zero-order chi connectivity index (χ0) is 20.8. The van der Waals surface area contributed by atoms with Gasteiger partial charge in [-0.1, -0.05) is 31.5 Å². The molecule has 0 saturated carbocycles. The zero-order valence-electron chi connectivity index (χ0n) is 16.7. The molecule has 3 rings (SSSR count). The van der Waals surface area contributed by atoms with Crippen molar-refractivity contribution in [2.24, 2.45) is 0 Å². The van der Waals surface area contributed by atoms with Crippen LogP contribution in [-0.2, 0) is 11.3 Å². The topological polar surface area (TPSA) is 78.5 Å². The van der Waals surface area contributed by atoms with Gasteiger partial charge >= 0.3 is 0 Å². The lowest BCUT2D eigenvalue weighted by Gasteiger charge is -2.24. The van der Waals surface area contributed by atoms with E-state index in [0.29, 0.717) is 59.8 Å². The summed E-state index contributed by atoms with van der Waals surface area (Å²) in [6, 6.07) is 6.40. The van der Waals surface area contributed by atoms with Gasteiger partial charge in [0.05, 0.1) is 24.6 Å². The van der Waals surface area contributed by atoms with Gasteiger partial charge in [-0.05, 0) is 12.5 Å². The number of H-pyrrole nitrogens is 1. The highest BCUT2D eigenvalue weighted by molar-refractivity contribution is 7.17. The van der Waals surface area contributed by atoms with E-state index < -0.39 is 6.10 Å². The van der Waals surface area contributed by atoms with E-state index in [0.717, 1.165) is 6.42 Å². The summed E-state index contributed by atoms with van der Waals surface area (Å²) in [6.45, 7) is 4.03. The predicted octanol–water partition coefficient (Wildman–Crippen LogP) is 3.40. The molecule has 0 saturated heterocycles. The van der Waals surface area contributed by atoms with Crippen LogP contribution in [0.15, 0.2) is 34.4 Å². The molecule has 1 aromatic carbocycles. The summed E-state index contributed by atoms with van der Waals surface area (Å²) in [5.74, 6) is 0.149. The summed E-state index contributed by atoms with van der Waals surface area (Å²) in [5, 5.41) is 12.3. The number of thiophene rings is 1. The second-order valence-corrected chi connectivity index (χ2v) is 7.85. The smallest absolute Gasteiger partial charge is 0.260 e. The van der Waals surface area contributed by atoms with E-state index in [2.05, 4.69) is 9.97 Å². The van der Waals surface area contributed by atoms with E-state index in [1.807, 2.05) is 11.8 Å². The van der Waals surface area contributed by atoms with Gasteiger partial charge in [0.25, 0.3) is 5.56 Å². The standard InChI is InChI=1S/C21H26FN3O3S/c1-3-6-14(26)11-25(9-10-28-2)12-18-23-20(27)19-16(13-29-21(19)24-18)15-7-4-5-8-17(15)22/h4-5,7-8,13-14,26H,3,6,9-12H2,1-2H3,(H,23,24,27). The third-order valence-corrected chi connectivity index (χ3v) is 5.61. The third kappa shape index (κ3) is 5.27. The molecule has 0 spiro atoms. The number of aliphatic hydroxyl groups is 1. The van der Waals surface area contributed by atoms with Crippen molar-refractivity contribution in [1.82, 2.24) is 14.9 Å². The number of hydrogen-bond donors (Lipinski definition) is 2. The van der Waals surface area contributed by atoms with Crippen LogP contribution < -0.4 is 5.56 Å². The Labute approximate surface area is 173 Å². The third-order valence-electron chi connectivity index (χ3n) is 4.73. The first-order valence-corrected chi connectivity index (χ1v) is 10.6. The van der Waals surface area contributed by atoms with Gasteiger partial charge in [0, 0.05) is 36.7 Å². The van der Waals surface area contributed by atoms with Crippen molar-refractivity contribution in [3.05, 3.63) is 51.6 Å². The average Bonchev–Trinajstić information content (AvgIpc) is 3.11. The van der Waals surface area contributed by atoms with Gasteiger partial charge in [-0.3, -0.25) is 9.69 Å². The van der Waals surface area contributed by atoms with E-state index in [9.17, 15) is 14.3 Å². The van der Waals surface area contributed by atoms with Gasteiger partial charge in [0.1, 0.15) is 16.5 Å². The van der Waals surface area contributed by atoms with Crippen molar-refractivity contribution in [2.75, 3.05) is 26.8 Å². The van der Waals surface area contributed by atoms with Crippen molar-refractivity contribution in [2.45, 2.75) is 32.4 Å². The minimum absolute atomic E-state index is 0.287. The highest BCUT2D eigenvalue weighted by atomic mass is 32.1. The van der Waals surface area contributed by atoms with Gasteiger partial charge in [-0.25, -0.2) is 9.37 Å². The second-order valence-electron chi connectivity index (χ2n) is 6.99. The number of fused-ring (bicyclic) bond motifs is 1. The quantitative estimate of drug-likeness (QED) is 0.527. The van der Waals surface area contributed by atoms with Crippen LogP contribution in [0.4, 0.5) is 4.39 Å². The molecule has 29 heavy (non-hydrogen) atoms. The maximum Gasteiger partial charge on any atom is 0.260 e. The number of benzene rings is 1. The molecule has 3 aromatic rings.